The smallest absolute Gasteiger partial charge is 0.266 e. The van der Waals surface area contributed by atoms with Gasteiger partial charge in [0.05, 0.1) is 18.3 Å². The number of halogens is 1. The molecule has 1 aliphatic carbocycles. The lowest BCUT2D eigenvalue weighted by atomic mass is 10.1. The third kappa shape index (κ3) is 2.13. The molecule has 0 spiro atoms. The van der Waals surface area contributed by atoms with E-state index in [9.17, 15) is 0 Å². The second kappa shape index (κ2) is 4.93. The van der Waals surface area contributed by atoms with Crippen LogP contribution in [0.3, 0.4) is 0 Å². The Balaban J connectivity index is 1.46. The topological polar surface area (TPSA) is 80.8 Å². The first-order chi connectivity index (χ1) is 11.7. The average Bonchev–Trinajstić information content (AvgIpc) is 3.19. The first kappa shape index (κ1) is 13.8. The summed E-state index contributed by atoms with van der Waals surface area (Å²) in [6.45, 7) is 0.680. The maximum absolute atomic E-state index is 15.4. The van der Waals surface area contributed by atoms with Gasteiger partial charge in [0.25, 0.3) is 5.89 Å². The maximum atomic E-state index is 15.4. The molecule has 5 rings (SSSR count). The zero-order valence-electron chi connectivity index (χ0n) is 12.9. The highest BCUT2D eigenvalue weighted by Crippen LogP contribution is 2.42. The molecule has 0 amide bonds. The Morgan fingerprint density at radius 2 is 2.21 bits per heavy atom. The molecule has 1 aliphatic heterocycles. The first-order valence-electron chi connectivity index (χ1n) is 8.06. The van der Waals surface area contributed by atoms with Crippen LogP contribution in [0.25, 0.3) is 10.9 Å². The molecule has 3 aromatic heterocycles. The Hall–Kier alpha value is -2.64. The molecule has 0 radical (unpaired) electrons. The molecule has 1 saturated heterocycles. The van der Waals surface area contributed by atoms with Gasteiger partial charge >= 0.3 is 0 Å². The maximum Gasteiger partial charge on any atom is 0.266 e. The number of hydrogen-bond donors (Lipinski definition) is 0. The van der Waals surface area contributed by atoms with Gasteiger partial charge in [0.15, 0.2) is 5.82 Å². The van der Waals surface area contributed by atoms with Crippen LogP contribution in [-0.2, 0) is 5.67 Å². The summed E-state index contributed by atoms with van der Waals surface area (Å²) in [4.78, 5) is 18.8. The minimum absolute atomic E-state index is 0.0897. The number of hydrogen-bond acceptors (Lipinski definition) is 7. The number of pyridine rings is 1. The fourth-order valence-corrected chi connectivity index (χ4v) is 3.20. The van der Waals surface area contributed by atoms with Crippen molar-refractivity contribution in [3.63, 3.8) is 0 Å². The highest BCUT2D eigenvalue weighted by molar-refractivity contribution is 5.88. The quantitative estimate of drug-likeness (QED) is 0.731. The van der Waals surface area contributed by atoms with Gasteiger partial charge < -0.3 is 9.42 Å². The summed E-state index contributed by atoms with van der Waals surface area (Å²) in [6, 6.07) is 1.85. The lowest BCUT2D eigenvalue weighted by Gasteiger charge is -2.19. The Morgan fingerprint density at radius 3 is 3.08 bits per heavy atom. The minimum Gasteiger partial charge on any atom is -0.352 e. The van der Waals surface area contributed by atoms with Crippen molar-refractivity contribution >= 4 is 16.7 Å². The van der Waals surface area contributed by atoms with Gasteiger partial charge in [-0.1, -0.05) is 5.16 Å². The average molecular weight is 326 g/mol. The third-order valence-corrected chi connectivity index (χ3v) is 4.70. The highest BCUT2D eigenvalue weighted by Gasteiger charge is 2.46. The fraction of sp³-hybridized carbons (Fsp3) is 0.438. The van der Waals surface area contributed by atoms with Gasteiger partial charge in [-0.15, -0.1) is 0 Å². The van der Waals surface area contributed by atoms with Gasteiger partial charge in [-0.05, 0) is 18.9 Å². The van der Waals surface area contributed by atoms with E-state index in [-0.39, 0.29) is 12.4 Å². The SMILES string of the molecule is FC1(c2nc(C3CC3)no2)CCN(c2ncnc3cnccc23)C1. The molecule has 1 atom stereocenters. The Labute approximate surface area is 136 Å². The van der Waals surface area contributed by atoms with E-state index in [0.29, 0.717) is 30.5 Å². The van der Waals surface area contributed by atoms with Crippen molar-refractivity contribution in [3.05, 3.63) is 36.5 Å². The number of anilines is 1. The van der Waals surface area contributed by atoms with Crippen LogP contribution >= 0.6 is 0 Å². The molecule has 8 heteroatoms. The lowest BCUT2D eigenvalue weighted by molar-refractivity contribution is 0.136. The normalized spacial score (nSPS) is 24.0. The fourth-order valence-electron chi connectivity index (χ4n) is 3.20. The summed E-state index contributed by atoms with van der Waals surface area (Å²) in [5.74, 6) is 1.79. The van der Waals surface area contributed by atoms with Gasteiger partial charge in [-0.25, -0.2) is 14.4 Å². The van der Waals surface area contributed by atoms with E-state index in [0.717, 1.165) is 23.7 Å². The van der Waals surface area contributed by atoms with Gasteiger partial charge in [0.2, 0.25) is 5.67 Å². The van der Waals surface area contributed by atoms with Gasteiger partial charge in [-0.3, -0.25) is 4.98 Å². The molecule has 0 bridgehead atoms. The van der Waals surface area contributed by atoms with Crippen molar-refractivity contribution in [1.29, 1.82) is 0 Å². The number of fused-ring (bicyclic) bond motifs is 1. The Kier molecular flexibility index (Phi) is 2.83. The van der Waals surface area contributed by atoms with Gasteiger partial charge in [-0.2, -0.15) is 4.98 Å². The van der Waals surface area contributed by atoms with Gasteiger partial charge in [0, 0.05) is 30.5 Å². The molecule has 1 unspecified atom stereocenters. The summed E-state index contributed by atoms with van der Waals surface area (Å²) in [6.07, 6.45) is 7.27. The van der Waals surface area contributed by atoms with Crippen LogP contribution in [0.5, 0.6) is 0 Å². The van der Waals surface area contributed by atoms with E-state index in [2.05, 4.69) is 25.1 Å². The number of nitrogens with zero attached hydrogens (tertiary/aromatic N) is 6. The van der Waals surface area contributed by atoms with Crippen LogP contribution in [-0.4, -0.2) is 38.2 Å². The molecular weight excluding hydrogens is 311 g/mol. The third-order valence-electron chi connectivity index (χ3n) is 4.70. The molecule has 2 aliphatic rings. The summed E-state index contributed by atoms with van der Waals surface area (Å²) in [5.41, 5.74) is -0.891. The van der Waals surface area contributed by atoms with Crippen molar-refractivity contribution in [3.8, 4) is 0 Å². The summed E-state index contributed by atoms with van der Waals surface area (Å²) >= 11 is 0. The van der Waals surface area contributed by atoms with E-state index in [4.69, 9.17) is 4.52 Å². The number of rotatable bonds is 3. The lowest BCUT2D eigenvalue weighted by Crippen LogP contribution is -2.28. The second-order valence-electron chi connectivity index (χ2n) is 6.46. The van der Waals surface area contributed by atoms with Crippen molar-refractivity contribution in [2.24, 2.45) is 0 Å². The van der Waals surface area contributed by atoms with Crippen molar-refractivity contribution in [1.82, 2.24) is 25.1 Å². The molecule has 7 nitrogen and oxygen atoms in total. The van der Waals surface area contributed by atoms with E-state index in [1.54, 1.807) is 12.4 Å². The summed E-state index contributed by atoms with van der Waals surface area (Å²) < 4.78 is 20.6. The minimum atomic E-state index is -1.63. The first-order valence-corrected chi connectivity index (χ1v) is 8.06. The standard InChI is InChI=1S/C16H15FN6O/c17-16(15-21-13(22-24-15)10-1-2-10)4-6-23(8-16)14-11-3-5-18-7-12(11)19-9-20-14/h3,5,7,9-10H,1-2,4,6,8H2. The predicted molar refractivity (Wildman–Crippen MR) is 83.2 cm³/mol. The van der Waals surface area contributed by atoms with Gasteiger partial charge in [0.1, 0.15) is 12.1 Å². The molecule has 0 aromatic carbocycles. The molecule has 4 heterocycles. The van der Waals surface area contributed by atoms with E-state index in [1.807, 2.05) is 11.0 Å². The van der Waals surface area contributed by atoms with Crippen molar-refractivity contribution in [2.45, 2.75) is 30.8 Å². The monoisotopic (exact) mass is 326 g/mol. The Bertz CT molecular complexity index is 905. The Morgan fingerprint density at radius 1 is 1.29 bits per heavy atom. The molecule has 3 aromatic rings. The van der Waals surface area contributed by atoms with Crippen LogP contribution in [0.1, 0.15) is 36.9 Å². The zero-order valence-corrected chi connectivity index (χ0v) is 12.9. The number of aromatic nitrogens is 5. The molecule has 1 saturated carbocycles. The van der Waals surface area contributed by atoms with Crippen LogP contribution in [0.4, 0.5) is 10.2 Å². The van der Waals surface area contributed by atoms with Crippen molar-refractivity contribution in [2.75, 3.05) is 18.0 Å². The number of alkyl halides is 1. The molecule has 0 N–H and O–H groups in total. The second-order valence-corrected chi connectivity index (χ2v) is 6.46. The van der Waals surface area contributed by atoms with E-state index < -0.39 is 5.67 Å². The summed E-state index contributed by atoms with van der Waals surface area (Å²) in [7, 11) is 0. The van der Waals surface area contributed by atoms with Crippen molar-refractivity contribution < 1.29 is 8.91 Å². The highest BCUT2D eigenvalue weighted by atomic mass is 19.1. The van der Waals surface area contributed by atoms with Crippen LogP contribution in [0.15, 0.2) is 29.3 Å². The predicted octanol–water partition coefficient (Wildman–Crippen LogP) is 2.36. The molecule has 2 fully saturated rings. The van der Waals surface area contributed by atoms with E-state index in [1.165, 1.54) is 6.33 Å². The molecular formula is C16H15FN6O. The molecule has 122 valence electrons. The summed E-state index contributed by atoms with van der Waals surface area (Å²) in [5, 5.41) is 4.80. The van der Waals surface area contributed by atoms with Crippen LogP contribution < -0.4 is 4.90 Å². The van der Waals surface area contributed by atoms with E-state index >= 15 is 4.39 Å². The van der Waals surface area contributed by atoms with Crippen LogP contribution in [0.2, 0.25) is 0 Å². The largest absolute Gasteiger partial charge is 0.352 e. The van der Waals surface area contributed by atoms with Crippen LogP contribution in [0, 0.1) is 0 Å². The molecule has 24 heavy (non-hydrogen) atoms. The zero-order chi connectivity index (χ0) is 16.1.